The number of aliphatic hydroxyl groups is 1. The summed E-state index contributed by atoms with van der Waals surface area (Å²) in [6, 6.07) is 0. The predicted octanol–water partition coefficient (Wildman–Crippen LogP) is 0.547. The first-order valence-corrected chi connectivity index (χ1v) is 5.55. The summed E-state index contributed by atoms with van der Waals surface area (Å²) in [6.45, 7) is 5.64. The molecule has 0 spiro atoms. The average Bonchev–Trinajstić information content (AvgIpc) is 2.21. The van der Waals surface area contributed by atoms with Crippen LogP contribution in [0, 0.1) is 0 Å². The van der Waals surface area contributed by atoms with E-state index in [0.29, 0.717) is 0 Å². The number of methoxy groups -OCH3 is 2. The van der Waals surface area contributed by atoms with E-state index in [0.717, 1.165) is 0 Å². The zero-order valence-electron chi connectivity index (χ0n) is 10.5. The first-order chi connectivity index (χ1) is 7.51. The van der Waals surface area contributed by atoms with Crippen molar-refractivity contribution in [2.75, 3.05) is 14.2 Å². The monoisotopic (exact) mass is 234 g/mol. The fourth-order valence-electron chi connectivity index (χ4n) is 1.88. The van der Waals surface area contributed by atoms with Crippen LogP contribution in [0.2, 0.25) is 0 Å². The Balaban J connectivity index is 2.76. The Bertz CT molecular complexity index is 209. The van der Waals surface area contributed by atoms with E-state index in [4.69, 9.17) is 18.9 Å². The largest absolute Gasteiger partial charge is 0.388 e. The van der Waals surface area contributed by atoms with Crippen molar-refractivity contribution < 1.29 is 24.1 Å². The number of hydrogen-bond donors (Lipinski definition) is 1. The lowest BCUT2D eigenvalue weighted by Crippen LogP contribution is -2.59. The van der Waals surface area contributed by atoms with Crippen LogP contribution in [0.3, 0.4) is 0 Å². The van der Waals surface area contributed by atoms with E-state index in [9.17, 15) is 5.11 Å². The van der Waals surface area contributed by atoms with Crippen molar-refractivity contribution in [1.29, 1.82) is 0 Å². The van der Waals surface area contributed by atoms with Gasteiger partial charge in [-0.25, -0.2) is 0 Å². The maximum atomic E-state index is 9.91. The summed E-state index contributed by atoms with van der Waals surface area (Å²) < 4.78 is 21.7. The van der Waals surface area contributed by atoms with Gasteiger partial charge in [0, 0.05) is 14.2 Å². The molecular formula is C11H22O5. The Hall–Kier alpha value is -0.200. The van der Waals surface area contributed by atoms with Crippen molar-refractivity contribution in [3.8, 4) is 0 Å². The van der Waals surface area contributed by atoms with Gasteiger partial charge in [0.25, 0.3) is 0 Å². The van der Waals surface area contributed by atoms with Crippen molar-refractivity contribution in [2.24, 2.45) is 0 Å². The molecule has 0 amide bonds. The van der Waals surface area contributed by atoms with Gasteiger partial charge in [0.2, 0.25) is 0 Å². The maximum Gasteiger partial charge on any atom is 0.187 e. The lowest BCUT2D eigenvalue weighted by Gasteiger charge is -2.42. The van der Waals surface area contributed by atoms with Crippen LogP contribution in [-0.2, 0) is 18.9 Å². The molecule has 0 unspecified atom stereocenters. The summed E-state index contributed by atoms with van der Waals surface area (Å²) in [5.41, 5.74) is 0. The molecule has 1 fully saturated rings. The zero-order chi connectivity index (χ0) is 12.3. The Kier molecular flexibility index (Phi) is 5.14. The lowest BCUT2D eigenvalue weighted by molar-refractivity contribution is -0.309. The van der Waals surface area contributed by atoms with Gasteiger partial charge in [0.15, 0.2) is 6.29 Å². The molecule has 0 bridgehead atoms. The van der Waals surface area contributed by atoms with Gasteiger partial charge >= 0.3 is 0 Å². The number of hydrogen-bond acceptors (Lipinski definition) is 5. The summed E-state index contributed by atoms with van der Waals surface area (Å²) in [5, 5.41) is 9.91. The van der Waals surface area contributed by atoms with Crippen LogP contribution in [0.25, 0.3) is 0 Å². The lowest BCUT2D eigenvalue weighted by atomic mass is 9.99. The quantitative estimate of drug-likeness (QED) is 0.769. The second kappa shape index (κ2) is 5.93. The van der Waals surface area contributed by atoms with Gasteiger partial charge in [-0.15, -0.1) is 0 Å². The first-order valence-electron chi connectivity index (χ1n) is 5.55. The van der Waals surface area contributed by atoms with Crippen molar-refractivity contribution in [3.63, 3.8) is 0 Å². The first kappa shape index (κ1) is 13.9. The van der Waals surface area contributed by atoms with Crippen LogP contribution >= 0.6 is 0 Å². The van der Waals surface area contributed by atoms with Crippen LogP contribution in [0.5, 0.6) is 0 Å². The summed E-state index contributed by atoms with van der Waals surface area (Å²) in [6.07, 6.45) is -2.37. The third-order valence-electron chi connectivity index (χ3n) is 2.71. The van der Waals surface area contributed by atoms with E-state index in [-0.39, 0.29) is 12.2 Å². The third-order valence-corrected chi connectivity index (χ3v) is 2.71. The molecule has 0 aromatic heterocycles. The minimum atomic E-state index is -0.707. The van der Waals surface area contributed by atoms with Gasteiger partial charge in [0.1, 0.15) is 18.3 Å². The molecule has 0 aromatic rings. The molecule has 0 aliphatic carbocycles. The number of rotatable bonds is 4. The van der Waals surface area contributed by atoms with Crippen LogP contribution < -0.4 is 0 Å². The highest BCUT2D eigenvalue weighted by atomic mass is 16.7. The van der Waals surface area contributed by atoms with Crippen LogP contribution in [0.4, 0.5) is 0 Å². The normalized spacial score (nSPS) is 40.3. The zero-order valence-corrected chi connectivity index (χ0v) is 10.5. The Labute approximate surface area is 96.6 Å². The summed E-state index contributed by atoms with van der Waals surface area (Å²) >= 11 is 0. The number of ether oxygens (including phenoxy) is 4. The van der Waals surface area contributed by atoms with Crippen molar-refractivity contribution in [2.45, 2.75) is 57.6 Å². The molecule has 1 heterocycles. The molecule has 5 heteroatoms. The van der Waals surface area contributed by atoms with E-state index < -0.39 is 24.6 Å². The Morgan fingerprint density at radius 3 is 2.12 bits per heavy atom. The van der Waals surface area contributed by atoms with Crippen molar-refractivity contribution >= 4 is 0 Å². The highest BCUT2D eigenvalue weighted by molar-refractivity contribution is 4.89. The third kappa shape index (κ3) is 2.93. The van der Waals surface area contributed by atoms with Gasteiger partial charge in [-0.1, -0.05) is 0 Å². The molecule has 0 radical (unpaired) electrons. The molecule has 1 rings (SSSR count). The van der Waals surface area contributed by atoms with E-state index >= 15 is 0 Å². The molecular weight excluding hydrogens is 212 g/mol. The van der Waals surface area contributed by atoms with Crippen LogP contribution in [-0.4, -0.2) is 56.1 Å². The van der Waals surface area contributed by atoms with Gasteiger partial charge in [-0.3, -0.25) is 0 Å². The molecule has 5 atom stereocenters. The standard InChI is InChI=1S/C11H22O5/c1-6(2)15-11-10(14-5)9(13-4)8(12)7(3)16-11/h6-12H,1-5H3/t7-,8-,9-,10-,11-/m1/s1. The maximum absolute atomic E-state index is 9.91. The molecule has 96 valence electrons. The second-order valence-electron chi connectivity index (χ2n) is 4.29. The Morgan fingerprint density at radius 1 is 1.12 bits per heavy atom. The molecule has 1 saturated heterocycles. The van der Waals surface area contributed by atoms with Gasteiger partial charge in [0.05, 0.1) is 12.2 Å². The summed E-state index contributed by atoms with van der Waals surface area (Å²) in [7, 11) is 3.10. The fourth-order valence-corrected chi connectivity index (χ4v) is 1.88. The topological polar surface area (TPSA) is 57.2 Å². The van der Waals surface area contributed by atoms with Crippen molar-refractivity contribution in [3.05, 3.63) is 0 Å². The minimum absolute atomic E-state index is 0.0302. The molecule has 0 aromatic carbocycles. The van der Waals surface area contributed by atoms with E-state index in [2.05, 4.69) is 0 Å². The van der Waals surface area contributed by atoms with Crippen LogP contribution in [0.15, 0.2) is 0 Å². The highest BCUT2D eigenvalue weighted by Gasteiger charge is 2.45. The smallest absolute Gasteiger partial charge is 0.187 e. The molecule has 1 aliphatic rings. The molecule has 16 heavy (non-hydrogen) atoms. The SMILES string of the molecule is CO[C@@H]1[C@H](O)[C@@H](C)O[C@@H](OC(C)C)[C@@H]1OC. The molecule has 0 saturated carbocycles. The molecule has 1 N–H and O–H groups in total. The predicted molar refractivity (Wildman–Crippen MR) is 58.2 cm³/mol. The summed E-state index contributed by atoms with van der Waals surface area (Å²) in [4.78, 5) is 0. The fraction of sp³-hybridized carbons (Fsp3) is 1.00. The van der Waals surface area contributed by atoms with Gasteiger partial charge in [-0.2, -0.15) is 0 Å². The van der Waals surface area contributed by atoms with E-state index in [1.165, 1.54) is 0 Å². The molecule has 5 nitrogen and oxygen atoms in total. The van der Waals surface area contributed by atoms with Crippen molar-refractivity contribution in [1.82, 2.24) is 0 Å². The minimum Gasteiger partial charge on any atom is -0.388 e. The summed E-state index contributed by atoms with van der Waals surface area (Å²) in [5.74, 6) is 0. The highest BCUT2D eigenvalue weighted by Crippen LogP contribution is 2.26. The number of aliphatic hydroxyl groups excluding tert-OH is 1. The molecule has 1 aliphatic heterocycles. The average molecular weight is 234 g/mol. The van der Waals surface area contributed by atoms with Gasteiger partial charge in [-0.05, 0) is 20.8 Å². The van der Waals surface area contributed by atoms with E-state index in [1.807, 2.05) is 13.8 Å². The van der Waals surface area contributed by atoms with E-state index in [1.54, 1.807) is 21.1 Å². The van der Waals surface area contributed by atoms with Gasteiger partial charge < -0.3 is 24.1 Å². The van der Waals surface area contributed by atoms with Crippen LogP contribution in [0.1, 0.15) is 20.8 Å². The Morgan fingerprint density at radius 2 is 1.69 bits per heavy atom. The second-order valence-corrected chi connectivity index (χ2v) is 4.29.